The van der Waals surface area contributed by atoms with Crippen molar-refractivity contribution >= 4 is 17.7 Å². The van der Waals surface area contributed by atoms with Crippen LogP contribution in [0.15, 0.2) is 30.7 Å². The predicted octanol–water partition coefficient (Wildman–Crippen LogP) is 2.28. The number of ether oxygens (including phenoxy) is 1. The average Bonchev–Trinajstić information content (AvgIpc) is 3.16. The van der Waals surface area contributed by atoms with Crippen LogP contribution in [0.1, 0.15) is 51.4 Å². The summed E-state index contributed by atoms with van der Waals surface area (Å²) in [4.78, 5) is 30.8. The number of carbonyl (C=O) groups excluding carboxylic acids is 2. The molecule has 2 aromatic rings. The number of aromatic nitrogens is 2. The van der Waals surface area contributed by atoms with Crippen molar-refractivity contribution in [2.24, 2.45) is 0 Å². The molecule has 0 bridgehead atoms. The highest BCUT2D eigenvalue weighted by Gasteiger charge is 2.33. The fraction of sp³-hybridized carbons (Fsp3) is 0.500. The maximum Gasteiger partial charge on any atom is 0.407 e. The minimum absolute atomic E-state index is 0.0374. The second-order valence-corrected chi connectivity index (χ2v) is 8.04. The molecule has 168 valence electrons. The molecule has 9 heteroatoms. The Balaban J connectivity index is 1.91. The molecule has 0 spiro atoms. The molecule has 0 saturated heterocycles. The zero-order valence-electron chi connectivity index (χ0n) is 18.5. The molecule has 0 saturated carbocycles. The number of imidazole rings is 1. The normalized spacial score (nSPS) is 18.1. The van der Waals surface area contributed by atoms with Crippen LogP contribution in [0, 0.1) is 0 Å². The predicted molar refractivity (Wildman–Crippen MR) is 117 cm³/mol. The van der Waals surface area contributed by atoms with Crippen LogP contribution in [-0.4, -0.2) is 52.0 Å². The lowest BCUT2D eigenvalue weighted by Crippen LogP contribution is -2.45. The average molecular weight is 430 g/mol. The van der Waals surface area contributed by atoms with Gasteiger partial charge in [0, 0.05) is 49.2 Å². The molecule has 2 unspecified atom stereocenters. The molecular weight excluding hydrogens is 398 g/mol. The van der Waals surface area contributed by atoms with Crippen molar-refractivity contribution in [2.45, 2.75) is 58.8 Å². The third kappa shape index (κ3) is 5.42. The zero-order valence-corrected chi connectivity index (χ0v) is 18.5. The molecule has 0 fully saturated rings. The molecule has 3 N–H and O–H groups in total. The van der Waals surface area contributed by atoms with Crippen LogP contribution >= 0.6 is 0 Å². The van der Waals surface area contributed by atoms with Gasteiger partial charge in [0.1, 0.15) is 0 Å². The second kappa shape index (κ2) is 9.93. The largest absolute Gasteiger partial charge is 0.447 e. The molecule has 0 radical (unpaired) electrons. The van der Waals surface area contributed by atoms with E-state index < -0.39 is 6.09 Å². The Hall–Kier alpha value is -2.91. The third-order valence-corrected chi connectivity index (χ3v) is 5.17. The molecule has 9 nitrogen and oxygen atoms in total. The lowest BCUT2D eigenvalue weighted by atomic mass is 9.91. The van der Waals surface area contributed by atoms with Crippen molar-refractivity contribution in [3.8, 4) is 5.69 Å². The Labute approximate surface area is 182 Å². The van der Waals surface area contributed by atoms with Crippen molar-refractivity contribution in [3.05, 3.63) is 42.0 Å². The van der Waals surface area contributed by atoms with Gasteiger partial charge < -0.3 is 29.9 Å². The smallest absolute Gasteiger partial charge is 0.407 e. The van der Waals surface area contributed by atoms with Gasteiger partial charge >= 0.3 is 6.09 Å². The van der Waals surface area contributed by atoms with E-state index in [-0.39, 0.29) is 30.7 Å². The van der Waals surface area contributed by atoms with E-state index in [0.29, 0.717) is 19.5 Å². The van der Waals surface area contributed by atoms with Gasteiger partial charge in [-0.25, -0.2) is 9.78 Å². The number of alkyl carbamates (subject to hydrolysis) is 1. The molecule has 31 heavy (non-hydrogen) atoms. The van der Waals surface area contributed by atoms with Crippen LogP contribution in [0.3, 0.4) is 0 Å². The number of hydrogen-bond acceptors (Lipinski definition) is 6. The number of amides is 2. The van der Waals surface area contributed by atoms with Gasteiger partial charge in [0.15, 0.2) is 0 Å². The van der Waals surface area contributed by atoms with E-state index in [1.54, 1.807) is 32.0 Å². The number of aliphatic hydroxyl groups excluding tert-OH is 1. The number of hydrogen-bond donors (Lipinski definition) is 3. The van der Waals surface area contributed by atoms with Crippen molar-refractivity contribution in [3.63, 3.8) is 0 Å². The van der Waals surface area contributed by atoms with Gasteiger partial charge in [0.05, 0.1) is 30.8 Å². The highest BCUT2D eigenvalue weighted by Crippen LogP contribution is 2.38. The number of aliphatic hydroxyl groups is 1. The van der Waals surface area contributed by atoms with Gasteiger partial charge in [-0.15, -0.1) is 0 Å². The van der Waals surface area contributed by atoms with Crippen molar-refractivity contribution in [1.82, 2.24) is 20.2 Å². The number of carbonyl (C=O) groups is 2. The van der Waals surface area contributed by atoms with Gasteiger partial charge in [-0.1, -0.05) is 0 Å². The molecule has 3 rings (SSSR count). The van der Waals surface area contributed by atoms with E-state index in [1.165, 1.54) is 0 Å². The summed E-state index contributed by atoms with van der Waals surface area (Å²) in [6.07, 6.45) is 3.53. The molecule has 1 aliphatic heterocycles. The molecule has 1 aromatic carbocycles. The van der Waals surface area contributed by atoms with Crippen LogP contribution in [0.5, 0.6) is 0 Å². The Bertz CT molecular complexity index is 926. The van der Waals surface area contributed by atoms with Crippen molar-refractivity contribution in [1.29, 1.82) is 0 Å². The maximum atomic E-state index is 12.3. The van der Waals surface area contributed by atoms with Crippen molar-refractivity contribution in [2.75, 3.05) is 18.1 Å². The fourth-order valence-corrected chi connectivity index (χ4v) is 3.91. The van der Waals surface area contributed by atoms with Crippen LogP contribution in [0.2, 0.25) is 0 Å². The van der Waals surface area contributed by atoms with Crippen LogP contribution < -0.4 is 15.5 Å². The number of fused-ring (bicyclic) bond motifs is 1. The van der Waals surface area contributed by atoms with Crippen molar-refractivity contribution < 1.29 is 19.4 Å². The van der Waals surface area contributed by atoms with E-state index in [0.717, 1.165) is 22.6 Å². The quantitative estimate of drug-likeness (QED) is 0.583. The Morgan fingerprint density at radius 1 is 1.35 bits per heavy atom. The number of benzene rings is 1. The molecule has 1 aromatic heterocycles. The summed E-state index contributed by atoms with van der Waals surface area (Å²) in [5.74, 6) is -0.0374. The second-order valence-electron chi connectivity index (χ2n) is 8.04. The van der Waals surface area contributed by atoms with E-state index in [2.05, 4.69) is 15.6 Å². The first-order chi connectivity index (χ1) is 14.8. The molecule has 0 aliphatic carbocycles. The van der Waals surface area contributed by atoms with Gasteiger partial charge in [0.2, 0.25) is 5.91 Å². The molecule has 2 heterocycles. The number of nitrogens with zero attached hydrogens (tertiary/aromatic N) is 3. The minimum Gasteiger partial charge on any atom is -0.447 e. The number of rotatable bonds is 7. The van der Waals surface area contributed by atoms with Crippen LogP contribution in [-0.2, 0) is 16.1 Å². The van der Waals surface area contributed by atoms with Gasteiger partial charge in [0.25, 0.3) is 0 Å². The molecule has 1 aliphatic rings. The van der Waals surface area contributed by atoms with Gasteiger partial charge in [-0.2, -0.15) is 0 Å². The molecule has 2 amide bonds. The lowest BCUT2D eigenvalue weighted by Gasteiger charge is -2.39. The Kier molecular flexibility index (Phi) is 7.29. The standard InChI is InChI=1S/C22H31N5O4/c1-14(2)31-22(30)25-20-9-15(3)27(16(4)29)21-6-5-18(10-19(20)21)26-12-17(24-13-26)11-23-7-8-28/h5-6,10,12-15,20,23,28H,7-9,11H2,1-4H3,(H,25,30). The molecular formula is C22H31N5O4. The van der Waals surface area contributed by atoms with E-state index in [9.17, 15) is 9.59 Å². The SMILES string of the molecule is CC(=O)N1c2ccc(-n3cnc(CNCCO)c3)cc2C(NC(=O)OC(C)C)CC1C. The minimum atomic E-state index is -0.472. The fourth-order valence-electron chi connectivity index (χ4n) is 3.91. The zero-order chi connectivity index (χ0) is 22.5. The summed E-state index contributed by atoms with van der Waals surface area (Å²) in [6.45, 7) is 8.27. The first kappa shape index (κ1) is 22.8. The monoisotopic (exact) mass is 429 g/mol. The van der Waals surface area contributed by atoms with E-state index in [4.69, 9.17) is 9.84 Å². The summed E-state index contributed by atoms with van der Waals surface area (Å²) in [5.41, 5.74) is 3.37. The summed E-state index contributed by atoms with van der Waals surface area (Å²) >= 11 is 0. The highest BCUT2D eigenvalue weighted by atomic mass is 16.6. The highest BCUT2D eigenvalue weighted by molar-refractivity contribution is 5.94. The maximum absolute atomic E-state index is 12.3. The summed E-state index contributed by atoms with van der Waals surface area (Å²) in [6, 6.07) is 5.49. The van der Waals surface area contributed by atoms with E-state index >= 15 is 0 Å². The molecule has 2 atom stereocenters. The van der Waals surface area contributed by atoms with E-state index in [1.807, 2.05) is 35.9 Å². The van der Waals surface area contributed by atoms with Gasteiger partial charge in [-0.05, 0) is 45.4 Å². The first-order valence-corrected chi connectivity index (χ1v) is 10.6. The number of nitrogens with one attached hydrogen (secondary N) is 2. The lowest BCUT2D eigenvalue weighted by molar-refractivity contribution is -0.117. The van der Waals surface area contributed by atoms with Crippen LogP contribution in [0.4, 0.5) is 10.5 Å². The summed E-state index contributed by atoms with van der Waals surface area (Å²) in [5, 5.41) is 15.0. The summed E-state index contributed by atoms with van der Waals surface area (Å²) < 4.78 is 7.17. The first-order valence-electron chi connectivity index (χ1n) is 10.6. The topological polar surface area (TPSA) is 109 Å². The number of anilines is 1. The van der Waals surface area contributed by atoms with Crippen LogP contribution in [0.25, 0.3) is 5.69 Å². The van der Waals surface area contributed by atoms with Gasteiger partial charge in [-0.3, -0.25) is 4.79 Å². The Morgan fingerprint density at radius 3 is 2.81 bits per heavy atom. The third-order valence-electron chi connectivity index (χ3n) is 5.17. The summed E-state index contributed by atoms with van der Waals surface area (Å²) in [7, 11) is 0. The Morgan fingerprint density at radius 2 is 2.13 bits per heavy atom.